The van der Waals surface area contributed by atoms with Crippen LogP contribution in [0.15, 0.2) is 14.4 Å². The number of ketones is 3. The molecule has 0 unspecified atom stereocenters. The number of nitrogens with one attached hydrogen (secondary N) is 2. The second-order valence-electron chi connectivity index (χ2n) is 5.91. The molecule has 1 heterocycles. The minimum atomic E-state index is -1.18. The molecule has 2 N–H and O–H groups in total. The number of aromatic nitrogens is 3. The Hall–Kier alpha value is -2.58. The van der Waals surface area contributed by atoms with E-state index in [4.69, 9.17) is 0 Å². The molecule has 0 aromatic carbocycles. The summed E-state index contributed by atoms with van der Waals surface area (Å²) in [4.78, 5) is 73.3. The molecule has 0 amide bonds. The first kappa shape index (κ1) is 18.5. The maximum Gasteiger partial charge on any atom is 0.333 e. The fourth-order valence-corrected chi connectivity index (χ4v) is 2.87. The molecular formula is C14H19N3O6. The fraction of sp³-hybridized carbons (Fsp3) is 0.571. The summed E-state index contributed by atoms with van der Waals surface area (Å²) in [6.45, 7) is 3.58. The van der Waals surface area contributed by atoms with Crippen LogP contribution in [-0.4, -0.2) is 31.9 Å². The minimum absolute atomic E-state index is 0.142. The van der Waals surface area contributed by atoms with E-state index in [1.54, 1.807) is 0 Å². The Labute approximate surface area is 130 Å². The molecule has 0 aliphatic heterocycles. The molecule has 23 heavy (non-hydrogen) atoms. The molecule has 0 aliphatic carbocycles. The average molecular weight is 325 g/mol. The van der Waals surface area contributed by atoms with Gasteiger partial charge in [0, 0.05) is 31.2 Å². The van der Waals surface area contributed by atoms with Gasteiger partial charge >= 0.3 is 17.1 Å². The standard InChI is InChI=1S/C14H19N3O6/c1-8(18)4-14(5-9(2)19,6-10(3)20)7-17-12(22)15-11(21)16-13(17)23/h4-7H2,1-3H3,(H2,15,16,21,22,23). The van der Waals surface area contributed by atoms with Crippen molar-refractivity contribution in [3.8, 4) is 0 Å². The van der Waals surface area contributed by atoms with E-state index in [1.165, 1.54) is 20.8 Å². The third-order valence-corrected chi connectivity index (χ3v) is 3.30. The summed E-state index contributed by atoms with van der Waals surface area (Å²) < 4.78 is 0.691. The molecule has 0 radical (unpaired) electrons. The van der Waals surface area contributed by atoms with Crippen molar-refractivity contribution in [1.82, 2.24) is 14.5 Å². The summed E-state index contributed by atoms with van der Waals surface area (Å²) in [5.74, 6) is -0.829. The van der Waals surface area contributed by atoms with Gasteiger partial charge in [-0.2, -0.15) is 0 Å². The second-order valence-corrected chi connectivity index (χ2v) is 5.91. The van der Waals surface area contributed by atoms with Gasteiger partial charge in [-0.1, -0.05) is 0 Å². The van der Waals surface area contributed by atoms with Gasteiger partial charge in [0.05, 0.1) is 0 Å². The van der Waals surface area contributed by atoms with Crippen LogP contribution in [0.25, 0.3) is 0 Å². The van der Waals surface area contributed by atoms with Crippen LogP contribution >= 0.6 is 0 Å². The van der Waals surface area contributed by atoms with Crippen molar-refractivity contribution >= 4 is 17.3 Å². The van der Waals surface area contributed by atoms with E-state index in [2.05, 4.69) is 0 Å². The zero-order chi connectivity index (χ0) is 17.8. The maximum atomic E-state index is 11.8. The van der Waals surface area contributed by atoms with Crippen LogP contribution in [0.4, 0.5) is 0 Å². The fourth-order valence-electron chi connectivity index (χ4n) is 2.87. The van der Waals surface area contributed by atoms with Crippen LogP contribution in [0.2, 0.25) is 0 Å². The van der Waals surface area contributed by atoms with Crippen LogP contribution in [0, 0.1) is 5.41 Å². The normalized spacial score (nSPS) is 11.3. The molecule has 1 aromatic heterocycles. The van der Waals surface area contributed by atoms with Crippen molar-refractivity contribution in [2.24, 2.45) is 5.41 Å². The van der Waals surface area contributed by atoms with Crippen molar-refractivity contribution in [3.05, 3.63) is 31.5 Å². The van der Waals surface area contributed by atoms with Crippen molar-refractivity contribution in [2.45, 2.75) is 46.6 Å². The van der Waals surface area contributed by atoms with Crippen LogP contribution < -0.4 is 17.1 Å². The number of carbonyl (C=O) groups is 3. The van der Waals surface area contributed by atoms with Gasteiger partial charge in [0.25, 0.3) is 0 Å². The second kappa shape index (κ2) is 7.12. The minimum Gasteiger partial charge on any atom is -0.300 e. The zero-order valence-corrected chi connectivity index (χ0v) is 13.2. The summed E-state index contributed by atoms with van der Waals surface area (Å²) in [7, 11) is 0. The molecule has 0 fully saturated rings. The average Bonchev–Trinajstić information content (AvgIpc) is 2.30. The summed E-state index contributed by atoms with van der Waals surface area (Å²) in [6.07, 6.45) is -0.425. The van der Waals surface area contributed by atoms with Gasteiger partial charge in [-0.25, -0.2) is 19.0 Å². The van der Waals surface area contributed by atoms with Gasteiger partial charge in [0.2, 0.25) is 0 Å². The Morgan fingerprint density at radius 2 is 1.17 bits per heavy atom. The Morgan fingerprint density at radius 3 is 1.48 bits per heavy atom. The van der Waals surface area contributed by atoms with Crippen LogP contribution in [0.1, 0.15) is 40.0 Å². The lowest BCUT2D eigenvalue weighted by molar-refractivity contribution is -0.126. The summed E-state index contributed by atoms with van der Waals surface area (Å²) in [5, 5.41) is 0. The highest BCUT2D eigenvalue weighted by Gasteiger charge is 2.36. The molecule has 1 aromatic rings. The summed E-state index contributed by atoms with van der Waals surface area (Å²) in [6, 6.07) is 0. The van der Waals surface area contributed by atoms with Gasteiger partial charge in [-0.15, -0.1) is 0 Å². The Kier molecular flexibility index (Phi) is 5.72. The molecule has 0 atom stereocenters. The molecule has 1 rings (SSSR count). The summed E-state index contributed by atoms with van der Waals surface area (Å²) >= 11 is 0. The lowest BCUT2D eigenvalue weighted by Gasteiger charge is -2.31. The topological polar surface area (TPSA) is 139 Å². The van der Waals surface area contributed by atoms with E-state index < -0.39 is 22.5 Å². The SMILES string of the molecule is CC(=O)CC(CC(C)=O)(CC(C)=O)Cn1c(=O)[nH]c(=O)[nH]c1=O. The molecule has 126 valence electrons. The predicted octanol–water partition coefficient (Wildman–Crippen LogP) is -0.851. The van der Waals surface area contributed by atoms with Gasteiger partial charge in [-0.3, -0.25) is 9.97 Å². The molecule has 0 saturated carbocycles. The predicted molar refractivity (Wildman–Crippen MR) is 80.3 cm³/mol. The highest BCUT2D eigenvalue weighted by Crippen LogP contribution is 2.33. The number of Topliss-reactive ketones (excluding diaryl/α,β-unsaturated/α-hetero) is 3. The smallest absolute Gasteiger partial charge is 0.300 e. The van der Waals surface area contributed by atoms with E-state index in [0.29, 0.717) is 4.57 Å². The lowest BCUT2D eigenvalue weighted by atomic mass is 9.74. The van der Waals surface area contributed by atoms with E-state index in [1.807, 2.05) is 9.97 Å². The van der Waals surface area contributed by atoms with Gasteiger partial charge in [0.1, 0.15) is 17.3 Å². The Morgan fingerprint density at radius 1 is 0.826 bits per heavy atom. The first-order chi connectivity index (χ1) is 10.5. The monoisotopic (exact) mass is 325 g/mol. The highest BCUT2D eigenvalue weighted by atomic mass is 16.2. The van der Waals surface area contributed by atoms with Crippen molar-refractivity contribution in [1.29, 1.82) is 0 Å². The number of nitrogens with zero attached hydrogens (tertiary/aromatic N) is 1. The van der Waals surface area contributed by atoms with Crippen molar-refractivity contribution < 1.29 is 14.4 Å². The van der Waals surface area contributed by atoms with Gasteiger partial charge in [-0.05, 0) is 20.8 Å². The van der Waals surface area contributed by atoms with Crippen molar-refractivity contribution in [3.63, 3.8) is 0 Å². The molecule has 0 aliphatic rings. The Balaban J connectivity index is 3.44. The first-order valence-electron chi connectivity index (χ1n) is 6.96. The first-order valence-corrected chi connectivity index (χ1v) is 6.96. The quantitative estimate of drug-likeness (QED) is 0.638. The summed E-state index contributed by atoms with van der Waals surface area (Å²) in [5.41, 5.74) is -4.05. The third-order valence-electron chi connectivity index (χ3n) is 3.30. The van der Waals surface area contributed by atoms with Crippen LogP contribution in [-0.2, 0) is 20.9 Å². The van der Waals surface area contributed by atoms with E-state index in [-0.39, 0.29) is 43.2 Å². The number of hydrogen-bond donors (Lipinski definition) is 2. The third kappa shape index (κ3) is 5.28. The number of H-pyrrole nitrogens is 2. The largest absolute Gasteiger partial charge is 0.333 e. The lowest BCUT2D eigenvalue weighted by Crippen LogP contribution is -2.47. The number of carbonyl (C=O) groups excluding carboxylic acids is 3. The highest BCUT2D eigenvalue weighted by molar-refractivity contribution is 5.83. The molecule has 9 nitrogen and oxygen atoms in total. The molecular weight excluding hydrogens is 306 g/mol. The number of hydrogen-bond acceptors (Lipinski definition) is 6. The zero-order valence-electron chi connectivity index (χ0n) is 13.2. The van der Waals surface area contributed by atoms with Crippen LogP contribution in [0.5, 0.6) is 0 Å². The molecule has 0 spiro atoms. The van der Waals surface area contributed by atoms with Gasteiger partial charge < -0.3 is 14.4 Å². The van der Waals surface area contributed by atoms with E-state index in [9.17, 15) is 28.8 Å². The molecule has 9 heteroatoms. The maximum absolute atomic E-state index is 11.8. The Bertz CT molecular complexity index is 723. The molecule has 0 saturated heterocycles. The molecule has 0 bridgehead atoms. The van der Waals surface area contributed by atoms with Crippen molar-refractivity contribution in [2.75, 3.05) is 0 Å². The van der Waals surface area contributed by atoms with E-state index in [0.717, 1.165) is 0 Å². The number of aromatic amines is 2. The van der Waals surface area contributed by atoms with E-state index >= 15 is 0 Å². The van der Waals surface area contributed by atoms with Crippen LogP contribution in [0.3, 0.4) is 0 Å². The van der Waals surface area contributed by atoms with Gasteiger partial charge in [0.15, 0.2) is 0 Å². The number of rotatable bonds is 8.